The topological polar surface area (TPSA) is 97.3 Å². The Morgan fingerprint density at radius 1 is 0.853 bits per heavy atom. The molecule has 2 aromatic rings. The van der Waals surface area contributed by atoms with Crippen LogP contribution in [-0.2, 0) is 0 Å². The van der Waals surface area contributed by atoms with Gasteiger partial charge in [-0.15, -0.1) is 11.3 Å². The minimum absolute atomic E-state index is 0.00204. The average Bonchev–Trinajstić information content (AvgIpc) is 3.38. The van der Waals surface area contributed by atoms with E-state index in [0.717, 1.165) is 25.9 Å². The SMILES string of the molecule is O=C(O)N1CCC(c2ccc(C(=O)N3CC(N4CCN(C(=O)c5cscn5)CC4)C3)cc2)CC1. The minimum Gasteiger partial charge on any atom is -0.465 e. The van der Waals surface area contributed by atoms with E-state index in [1.165, 1.54) is 21.8 Å². The molecule has 180 valence electrons. The number of piperidine rings is 1. The fourth-order valence-corrected chi connectivity index (χ4v) is 5.63. The van der Waals surface area contributed by atoms with Crippen LogP contribution in [0.2, 0.25) is 0 Å². The summed E-state index contributed by atoms with van der Waals surface area (Å²) in [6, 6.07) is 8.18. The Balaban J connectivity index is 1.08. The van der Waals surface area contributed by atoms with E-state index in [2.05, 4.69) is 9.88 Å². The lowest BCUT2D eigenvalue weighted by molar-refractivity contribution is 0.00843. The second-order valence-electron chi connectivity index (χ2n) is 9.23. The highest BCUT2D eigenvalue weighted by molar-refractivity contribution is 7.07. The first-order chi connectivity index (χ1) is 16.5. The van der Waals surface area contributed by atoms with Crippen molar-refractivity contribution in [3.05, 3.63) is 52.0 Å². The molecule has 3 saturated heterocycles. The molecule has 3 amide bonds. The number of rotatable bonds is 4. The second kappa shape index (κ2) is 9.71. The molecule has 34 heavy (non-hydrogen) atoms. The van der Waals surface area contributed by atoms with Crippen LogP contribution in [0.5, 0.6) is 0 Å². The largest absolute Gasteiger partial charge is 0.465 e. The molecular weight excluding hydrogens is 454 g/mol. The van der Waals surface area contributed by atoms with Gasteiger partial charge in [-0.05, 0) is 36.5 Å². The van der Waals surface area contributed by atoms with Crippen molar-refractivity contribution in [1.29, 1.82) is 0 Å². The smallest absolute Gasteiger partial charge is 0.407 e. The number of thiazole rings is 1. The molecule has 0 atom stereocenters. The molecule has 10 heteroatoms. The van der Waals surface area contributed by atoms with Crippen molar-refractivity contribution in [2.75, 3.05) is 52.4 Å². The minimum atomic E-state index is -0.849. The van der Waals surface area contributed by atoms with Crippen LogP contribution in [0.15, 0.2) is 35.2 Å². The number of likely N-dealkylation sites (tertiary alicyclic amines) is 2. The first-order valence-corrected chi connectivity index (χ1v) is 12.7. The fraction of sp³-hybridized carbons (Fsp3) is 0.500. The van der Waals surface area contributed by atoms with E-state index in [1.807, 2.05) is 34.1 Å². The van der Waals surface area contributed by atoms with Gasteiger partial charge in [-0.3, -0.25) is 14.5 Å². The van der Waals surface area contributed by atoms with E-state index in [4.69, 9.17) is 5.11 Å². The van der Waals surface area contributed by atoms with E-state index in [9.17, 15) is 14.4 Å². The van der Waals surface area contributed by atoms with Crippen molar-refractivity contribution >= 4 is 29.2 Å². The van der Waals surface area contributed by atoms with Gasteiger partial charge >= 0.3 is 6.09 Å². The summed E-state index contributed by atoms with van der Waals surface area (Å²) >= 11 is 1.43. The van der Waals surface area contributed by atoms with E-state index in [0.29, 0.717) is 62.5 Å². The van der Waals surface area contributed by atoms with Gasteiger partial charge in [-0.2, -0.15) is 0 Å². The maximum absolute atomic E-state index is 12.9. The molecule has 0 aliphatic carbocycles. The number of carboxylic acid groups (broad SMARTS) is 1. The molecule has 4 heterocycles. The lowest BCUT2D eigenvalue weighted by atomic mass is 9.89. The Kier molecular flexibility index (Phi) is 6.51. The quantitative estimate of drug-likeness (QED) is 0.717. The summed E-state index contributed by atoms with van der Waals surface area (Å²) in [7, 11) is 0. The highest BCUT2D eigenvalue weighted by atomic mass is 32.1. The molecule has 3 aliphatic heterocycles. The van der Waals surface area contributed by atoms with Crippen LogP contribution < -0.4 is 0 Å². The van der Waals surface area contributed by atoms with Crippen molar-refractivity contribution in [2.24, 2.45) is 0 Å². The highest BCUT2D eigenvalue weighted by Gasteiger charge is 2.37. The molecule has 0 bridgehead atoms. The van der Waals surface area contributed by atoms with Gasteiger partial charge in [0.25, 0.3) is 11.8 Å². The zero-order chi connectivity index (χ0) is 23.7. The van der Waals surface area contributed by atoms with E-state index in [-0.39, 0.29) is 11.8 Å². The monoisotopic (exact) mass is 483 g/mol. The zero-order valence-electron chi connectivity index (χ0n) is 19.0. The van der Waals surface area contributed by atoms with E-state index >= 15 is 0 Å². The maximum Gasteiger partial charge on any atom is 0.407 e. The third kappa shape index (κ3) is 4.65. The average molecular weight is 484 g/mol. The molecule has 0 unspecified atom stereocenters. The molecule has 3 fully saturated rings. The van der Waals surface area contributed by atoms with Gasteiger partial charge in [0.05, 0.1) is 5.51 Å². The first kappa shape index (κ1) is 22.8. The Bertz CT molecular complexity index is 1020. The Labute approximate surface area is 202 Å². The number of amides is 3. The summed E-state index contributed by atoms with van der Waals surface area (Å²) in [4.78, 5) is 48.2. The number of carbonyl (C=O) groups excluding carboxylic acids is 2. The molecule has 0 spiro atoms. The lowest BCUT2D eigenvalue weighted by Crippen LogP contribution is -2.64. The number of benzene rings is 1. The second-order valence-corrected chi connectivity index (χ2v) is 9.95. The molecule has 1 aromatic carbocycles. The van der Waals surface area contributed by atoms with Gasteiger partial charge in [-0.1, -0.05) is 12.1 Å². The standard InChI is InChI=1S/C24H29N5O4S/c30-22(19-3-1-17(2-4-19)18-5-7-28(8-6-18)24(32)33)29-13-20(14-29)26-9-11-27(12-10-26)23(31)21-15-34-16-25-21/h1-4,15-16,18,20H,5-14H2,(H,32,33). The number of nitrogens with zero attached hydrogens (tertiary/aromatic N) is 5. The molecule has 1 aromatic heterocycles. The summed E-state index contributed by atoms with van der Waals surface area (Å²) in [5.74, 6) is 0.400. The normalized spacial score (nSPS) is 20.3. The molecule has 3 aliphatic rings. The van der Waals surface area contributed by atoms with Crippen LogP contribution in [0.1, 0.15) is 45.2 Å². The number of piperazine rings is 1. The number of hydrogen-bond donors (Lipinski definition) is 1. The molecular formula is C24H29N5O4S. The summed E-state index contributed by atoms with van der Waals surface area (Å²) < 4.78 is 0. The van der Waals surface area contributed by atoms with Crippen LogP contribution >= 0.6 is 11.3 Å². The van der Waals surface area contributed by atoms with E-state index < -0.39 is 6.09 Å². The molecule has 1 N–H and O–H groups in total. The fourth-order valence-electron chi connectivity index (χ4n) is 5.11. The van der Waals surface area contributed by atoms with Gasteiger partial charge in [0.15, 0.2) is 0 Å². The molecule has 5 rings (SSSR count). The predicted octanol–water partition coefficient (Wildman–Crippen LogP) is 2.28. The van der Waals surface area contributed by atoms with Gasteiger partial charge in [-0.25, -0.2) is 9.78 Å². The van der Waals surface area contributed by atoms with Gasteiger partial charge in [0, 0.05) is 69.3 Å². The third-order valence-electron chi connectivity index (χ3n) is 7.31. The van der Waals surface area contributed by atoms with Gasteiger partial charge < -0.3 is 19.8 Å². The summed E-state index contributed by atoms with van der Waals surface area (Å²) in [6.07, 6.45) is 0.782. The van der Waals surface area contributed by atoms with Crippen LogP contribution in [0.25, 0.3) is 0 Å². The summed E-state index contributed by atoms with van der Waals surface area (Å²) in [6.45, 7) is 5.56. The number of hydrogen-bond acceptors (Lipinski definition) is 6. The lowest BCUT2D eigenvalue weighted by Gasteiger charge is -2.48. The number of aromatic nitrogens is 1. The van der Waals surface area contributed by atoms with Crippen molar-refractivity contribution in [2.45, 2.75) is 24.8 Å². The Morgan fingerprint density at radius 2 is 1.53 bits per heavy atom. The van der Waals surface area contributed by atoms with Crippen LogP contribution in [0.4, 0.5) is 4.79 Å². The Hall–Kier alpha value is -2.98. The van der Waals surface area contributed by atoms with Crippen LogP contribution in [-0.4, -0.2) is 106 Å². The summed E-state index contributed by atoms with van der Waals surface area (Å²) in [5, 5.41) is 10.9. The van der Waals surface area contributed by atoms with Crippen molar-refractivity contribution in [3.63, 3.8) is 0 Å². The van der Waals surface area contributed by atoms with Gasteiger partial charge in [0.1, 0.15) is 5.69 Å². The molecule has 0 saturated carbocycles. The highest BCUT2D eigenvalue weighted by Crippen LogP contribution is 2.29. The van der Waals surface area contributed by atoms with E-state index in [1.54, 1.807) is 10.9 Å². The number of carbonyl (C=O) groups is 3. The zero-order valence-corrected chi connectivity index (χ0v) is 19.8. The maximum atomic E-state index is 12.9. The summed E-state index contributed by atoms with van der Waals surface area (Å²) in [5.41, 5.74) is 4.08. The Morgan fingerprint density at radius 3 is 2.12 bits per heavy atom. The van der Waals surface area contributed by atoms with Gasteiger partial charge in [0.2, 0.25) is 0 Å². The van der Waals surface area contributed by atoms with Crippen LogP contribution in [0.3, 0.4) is 0 Å². The molecule has 9 nitrogen and oxygen atoms in total. The molecule has 0 radical (unpaired) electrons. The van der Waals surface area contributed by atoms with Crippen molar-refractivity contribution < 1.29 is 19.5 Å². The van der Waals surface area contributed by atoms with Crippen LogP contribution in [0, 0.1) is 0 Å². The van der Waals surface area contributed by atoms with Crippen molar-refractivity contribution in [3.8, 4) is 0 Å². The third-order valence-corrected chi connectivity index (χ3v) is 7.90. The van der Waals surface area contributed by atoms with Crippen molar-refractivity contribution in [1.82, 2.24) is 24.6 Å². The predicted molar refractivity (Wildman–Crippen MR) is 127 cm³/mol. The first-order valence-electron chi connectivity index (χ1n) is 11.8.